The maximum absolute atomic E-state index is 10.6. The number of piperidine rings is 2. The van der Waals surface area contributed by atoms with E-state index in [0.29, 0.717) is 18.0 Å². The Balaban J connectivity index is 1.80. The van der Waals surface area contributed by atoms with Gasteiger partial charge in [-0.2, -0.15) is 0 Å². The van der Waals surface area contributed by atoms with Crippen LogP contribution < -0.4 is 0 Å². The molecule has 2 heterocycles. The van der Waals surface area contributed by atoms with Gasteiger partial charge in [0.1, 0.15) is 0 Å². The third kappa shape index (κ3) is 1.31. The number of hydrogen-bond donors (Lipinski definition) is 1. The van der Waals surface area contributed by atoms with Gasteiger partial charge in [-0.1, -0.05) is 6.42 Å². The summed E-state index contributed by atoms with van der Waals surface area (Å²) < 4.78 is 0. The second-order valence-corrected chi connectivity index (χ2v) is 5.69. The van der Waals surface area contributed by atoms with E-state index in [1.807, 2.05) is 0 Å². The lowest BCUT2D eigenvalue weighted by Crippen LogP contribution is -2.57. The summed E-state index contributed by atoms with van der Waals surface area (Å²) in [6.07, 6.45) is 8.64. The lowest BCUT2D eigenvalue weighted by molar-refractivity contribution is -0.0954. The average molecular weight is 195 g/mol. The van der Waals surface area contributed by atoms with Crippen LogP contribution in [0.3, 0.4) is 0 Å². The summed E-state index contributed by atoms with van der Waals surface area (Å²) >= 11 is 0. The van der Waals surface area contributed by atoms with Gasteiger partial charge in [0.25, 0.3) is 0 Å². The first kappa shape index (κ1) is 9.17. The summed E-state index contributed by atoms with van der Waals surface area (Å²) in [7, 11) is 2.25. The van der Waals surface area contributed by atoms with Crippen molar-refractivity contribution in [2.24, 2.45) is 5.92 Å². The first-order valence-corrected chi connectivity index (χ1v) is 6.13. The Hall–Kier alpha value is -0.0800. The second-order valence-electron chi connectivity index (χ2n) is 5.69. The molecule has 2 atom stereocenters. The molecule has 0 spiro atoms. The van der Waals surface area contributed by atoms with Crippen molar-refractivity contribution in [1.82, 2.24) is 4.90 Å². The monoisotopic (exact) mass is 195 g/mol. The van der Waals surface area contributed by atoms with Gasteiger partial charge in [0, 0.05) is 12.1 Å². The van der Waals surface area contributed by atoms with Crippen molar-refractivity contribution in [3.05, 3.63) is 0 Å². The van der Waals surface area contributed by atoms with Crippen LogP contribution in [0.1, 0.15) is 44.9 Å². The van der Waals surface area contributed by atoms with Crippen LogP contribution in [0, 0.1) is 5.92 Å². The van der Waals surface area contributed by atoms with Gasteiger partial charge in [0.2, 0.25) is 0 Å². The van der Waals surface area contributed by atoms with Crippen LogP contribution in [0.5, 0.6) is 0 Å². The first-order chi connectivity index (χ1) is 6.69. The Bertz CT molecular complexity index is 222. The number of nitrogens with zero attached hydrogens (tertiary/aromatic N) is 1. The minimum Gasteiger partial charge on any atom is -0.389 e. The van der Waals surface area contributed by atoms with Crippen molar-refractivity contribution in [2.45, 2.75) is 62.6 Å². The first-order valence-electron chi connectivity index (χ1n) is 6.13. The summed E-state index contributed by atoms with van der Waals surface area (Å²) in [5.41, 5.74) is -0.276. The average Bonchev–Trinajstić information content (AvgIpc) is 2.90. The fourth-order valence-electron chi connectivity index (χ4n) is 3.64. The second kappa shape index (κ2) is 2.96. The van der Waals surface area contributed by atoms with Crippen molar-refractivity contribution < 1.29 is 5.11 Å². The summed E-state index contributed by atoms with van der Waals surface area (Å²) in [6.45, 7) is 0. The molecule has 3 rings (SSSR count). The Morgan fingerprint density at radius 2 is 1.64 bits per heavy atom. The topological polar surface area (TPSA) is 23.5 Å². The maximum Gasteiger partial charge on any atom is 0.0705 e. The largest absolute Gasteiger partial charge is 0.389 e. The Kier molecular flexibility index (Phi) is 1.94. The molecule has 2 nitrogen and oxygen atoms in total. The molecular formula is C12H21NO. The van der Waals surface area contributed by atoms with E-state index in [0.717, 1.165) is 12.8 Å². The summed E-state index contributed by atoms with van der Waals surface area (Å²) in [5, 5.41) is 10.6. The van der Waals surface area contributed by atoms with Crippen LogP contribution in [0.2, 0.25) is 0 Å². The highest BCUT2D eigenvalue weighted by molar-refractivity contribution is 5.04. The fraction of sp³-hybridized carbons (Fsp3) is 1.00. The number of aliphatic hydroxyl groups is 1. The Morgan fingerprint density at radius 1 is 1.07 bits per heavy atom. The quantitative estimate of drug-likeness (QED) is 0.689. The van der Waals surface area contributed by atoms with Crippen molar-refractivity contribution in [3.63, 3.8) is 0 Å². The molecule has 80 valence electrons. The van der Waals surface area contributed by atoms with E-state index in [9.17, 15) is 5.11 Å². The molecule has 2 heteroatoms. The number of rotatable bonds is 1. The van der Waals surface area contributed by atoms with E-state index >= 15 is 0 Å². The molecule has 14 heavy (non-hydrogen) atoms. The summed E-state index contributed by atoms with van der Waals surface area (Å²) in [6, 6.07) is 1.35. The summed E-state index contributed by atoms with van der Waals surface area (Å²) in [5.74, 6) is 0.652. The molecule has 0 amide bonds. The van der Waals surface area contributed by atoms with Crippen molar-refractivity contribution in [1.29, 1.82) is 0 Å². The van der Waals surface area contributed by atoms with Crippen molar-refractivity contribution in [2.75, 3.05) is 7.05 Å². The van der Waals surface area contributed by atoms with Gasteiger partial charge in [0.15, 0.2) is 0 Å². The van der Waals surface area contributed by atoms with Gasteiger partial charge in [-0.3, -0.25) is 0 Å². The van der Waals surface area contributed by atoms with Crippen LogP contribution in [0.4, 0.5) is 0 Å². The molecule has 0 radical (unpaired) electrons. The number of hydrogen-bond acceptors (Lipinski definition) is 2. The third-order valence-corrected chi connectivity index (χ3v) is 4.74. The fourth-order valence-corrected chi connectivity index (χ4v) is 3.64. The minimum atomic E-state index is -0.276. The molecule has 1 N–H and O–H groups in total. The molecule has 2 aliphatic heterocycles. The zero-order valence-electron chi connectivity index (χ0n) is 9.08. The van der Waals surface area contributed by atoms with E-state index in [1.165, 1.54) is 32.1 Å². The zero-order valence-corrected chi connectivity index (χ0v) is 9.08. The predicted octanol–water partition coefficient (Wildman–Crippen LogP) is 1.77. The molecule has 3 fully saturated rings. The lowest BCUT2D eigenvalue weighted by Gasteiger charge is -2.51. The van der Waals surface area contributed by atoms with Gasteiger partial charge in [-0.05, 0) is 51.5 Å². The molecule has 0 aromatic heterocycles. The highest BCUT2D eigenvalue weighted by Gasteiger charge is 2.51. The Labute approximate surface area is 86.3 Å². The van der Waals surface area contributed by atoms with E-state index in [-0.39, 0.29) is 5.60 Å². The molecule has 3 aliphatic rings. The Morgan fingerprint density at radius 3 is 2.14 bits per heavy atom. The standard InChI is InChI=1S/C12H21NO/c1-13-10-3-2-4-11(13)8-12(14,7-10)9-5-6-9/h9-11,14H,2-8H2,1H3. The van der Waals surface area contributed by atoms with Crippen LogP contribution in [-0.4, -0.2) is 34.7 Å². The van der Waals surface area contributed by atoms with E-state index in [2.05, 4.69) is 11.9 Å². The van der Waals surface area contributed by atoms with Gasteiger partial charge in [-0.15, -0.1) is 0 Å². The van der Waals surface area contributed by atoms with Crippen molar-refractivity contribution >= 4 is 0 Å². The van der Waals surface area contributed by atoms with Crippen LogP contribution in [-0.2, 0) is 0 Å². The van der Waals surface area contributed by atoms with Gasteiger partial charge in [-0.25, -0.2) is 0 Å². The molecule has 2 unspecified atom stereocenters. The van der Waals surface area contributed by atoms with Crippen LogP contribution >= 0.6 is 0 Å². The normalized spacial score (nSPS) is 49.3. The van der Waals surface area contributed by atoms with Gasteiger partial charge >= 0.3 is 0 Å². The smallest absolute Gasteiger partial charge is 0.0705 e. The maximum atomic E-state index is 10.6. The molecule has 1 aliphatic carbocycles. The van der Waals surface area contributed by atoms with Gasteiger partial charge in [0.05, 0.1) is 5.60 Å². The lowest BCUT2D eigenvalue weighted by atomic mass is 9.73. The molecule has 2 saturated heterocycles. The highest BCUT2D eigenvalue weighted by atomic mass is 16.3. The third-order valence-electron chi connectivity index (χ3n) is 4.74. The summed E-state index contributed by atoms with van der Waals surface area (Å²) in [4.78, 5) is 2.53. The van der Waals surface area contributed by atoms with E-state index in [1.54, 1.807) is 0 Å². The van der Waals surface area contributed by atoms with Gasteiger partial charge < -0.3 is 10.0 Å². The van der Waals surface area contributed by atoms with E-state index in [4.69, 9.17) is 0 Å². The molecule has 0 aromatic rings. The molecule has 0 aromatic carbocycles. The van der Waals surface area contributed by atoms with Crippen molar-refractivity contribution in [3.8, 4) is 0 Å². The number of fused-ring (bicyclic) bond motifs is 2. The molecular weight excluding hydrogens is 174 g/mol. The zero-order chi connectivity index (χ0) is 9.76. The SMILES string of the molecule is CN1C2CCCC1CC(O)(C1CC1)C2. The molecule has 1 saturated carbocycles. The minimum absolute atomic E-state index is 0.276. The van der Waals surface area contributed by atoms with Crippen LogP contribution in [0.25, 0.3) is 0 Å². The predicted molar refractivity (Wildman–Crippen MR) is 56.1 cm³/mol. The van der Waals surface area contributed by atoms with E-state index < -0.39 is 0 Å². The highest BCUT2D eigenvalue weighted by Crippen LogP contribution is 2.49. The van der Waals surface area contributed by atoms with Crippen LogP contribution in [0.15, 0.2) is 0 Å². The molecule has 2 bridgehead atoms.